The van der Waals surface area contributed by atoms with E-state index in [1.54, 1.807) is 0 Å². The predicted octanol–water partition coefficient (Wildman–Crippen LogP) is 4.47. The Labute approximate surface area is 141 Å². The summed E-state index contributed by atoms with van der Waals surface area (Å²) in [6.45, 7) is 0.162. The molecule has 0 atom stereocenters. The van der Waals surface area contributed by atoms with Gasteiger partial charge in [-0.2, -0.15) is 13.2 Å². The highest BCUT2D eigenvalue weighted by molar-refractivity contribution is 5.98. The first-order chi connectivity index (χ1) is 11.8. The number of ether oxygens (including phenoxy) is 1. The first-order valence-electron chi connectivity index (χ1n) is 7.38. The Bertz CT molecular complexity index is 930. The first kappa shape index (κ1) is 16.9. The second-order valence-electron chi connectivity index (χ2n) is 5.54. The summed E-state index contributed by atoms with van der Waals surface area (Å²) in [5, 5.41) is 9.02. The number of aromatic nitrogens is 1. The lowest BCUT2D eigenvalue weighted by Crippen LogP contribution is -2.07. The number of benzene rings is 2. The van der Waals surface area contributed by atoms with Crippen LogP contribution in [-0.4, -0.2) is 15.6 Å². The number of carboxylic acids is 1. The van der Waals surface area contributed by atoms with Crippen LogP contribution in [0.1, 0.15) is 21.6 Å². The molecule has 0 spiro atoms. The van der Waals surface area contributed by atoms with Crippen LogP contribution in [-0.2, 0) is 19.8 Å². The molecule has 0 aliphatic heterocycles. The molecule has 130 valence electrons. The van der Waals surface area contributed by atoms with Gasteiger partial charge in [-0.3, -0.25) is 0 Å². The van der Waals surface area contributed by atoms with E-state index in [0.29, 0.717) is 0 Å². The van der Waals surface area contributed by atoms with Crippen molar-refractivity contribution >= 4 is 16.9 Å². The molecule has 0 amide bonds. The fraction of sp³-hybridized carbons (Fsp3) is 0.167. The number of hydrogen-bond donors (Lipinski definition) is 1. The van der Waals surface area contributed by atoms with Crippen molar-refractivity contribution in [1.82, 2.24) is 4.57 Å². The SMILES string of the molecule is Cn1c(C(=O)O)cc2c(C(F)(F)F)ccc(OCc3ccccc3)c21. The second-order valence-corrected chi connectivity index (χ2v) is 5.54. The second kappa shape index (κ2) is 6.16. The standard InChI is InChI=1S/C18H14F3NO3/c1-22-14(17(23)24)9-12-13(18(19,20)21)7-8-15(16(12)22)25-10-11-5-3-2-4-6-11/h2-9H,10H2,1H3,(H,23,24). The van der Waals surface area contributed by atoms with E-state index < -0.39 is 17.7 Å². The molecule has 1 N–H and O–H groups in total. The van der Waals surface area contributed by atoms with E-state index in [4.69, 9.17) is 4.74 Å². The summed E-state index contributed by atoms with van der Waals surface area (Å²) < 4.78 is 46.6. The van der Waals surface area contributed by atoms with E-state index in [1.807, 2.05) is 30.3 Å². The number of aryl methyl sites for hydroxylation is 1. The van der Waals surface area contributed by atoms with Crippen LogP contribution in [0.4, 0.5) is 13.2 Å². The van der Waals surface area contributed by atoms with Gasteiger partial charge in [0.05, 0.1) is 11.1 Å². The average Bonchev–Trinajstić information content (AvgIpc) is 2.91. The van der Waals surface area contributed by atoms with Crippen molar-refractivity contribution in [2.45, 2.75) is 12.8 Å². The van der Waals surface area contributed by atoms with Crippen molar-refractivity contribution in [3.8, 4) is 5.75 Å². The molecule has 1 heterocycles. The van der Waals surface area contributed by atoms with E-state index in [2.05, 4.69) is 0 Å². The summed E-state index contributed by atoms with van der Waals surface area (Å²) in [5.41, 5.74) is -0.180. The summed E-state index contributed by atoms with van der Waals surface area (Å²) in [6, 6.07) is 12.3. The van der Waals surface area contributed by atoms with E-state index >= 15 is 0 Å². The number of fused-ring (bicyclic) bond motifs is 1. The van der Waals surface area contributed by atoms with Gasteiger partial charge in [-0.25, -0.2) is 4.79 Å². The fourth-order valence-electron chi connectivity index (χ4n) is 2.74. The van der Waals surface area contributed by atoms with Crippen molar-refractivity contribution in [1.29, 1.82) is 0 Å². The largest absolute Gasteiger partial charge is 0.487 e. The number of nitrogens with zero attached hydrogens (tertiary/aromatic N) is 1. The fourth-order valence-corrected chi connectivity index (χ4v) is 2.74. The Balaban J connectivity index is 2.11. The Morgan fingerprint density at radius 3 is 2.44 bits per heavy atom. The third-order valence-corrected chi connectivity index (χ3v) is 3.92. The highest BCUT2D eigenvalue weighted by Crippen LogP contribution is 2.39. The quantitative estimate of drug-likeness (QED) is 0.756. The number of rotatable bonds is 4. The molecule has 0 bridgehead atoms. The molecule has 0 saturated carbocycles. The Kier molecular flexibility index (Phi) is 4.16. The van der Waals surface area contributed by atoms with Gasteiger partial charge >= 0.3 is 12.1 Å². The van der Waals surface area contributed by atoms with Crippen molar-refractivity contribution in [2.24, 2.45) is 7.05 Å². The molecule has 0 aliphatic rings. The van der Waals surface area contributed by atoms with Gasteiger partial charge in [-0.05, 0) is 23.8 Å². The van der Waals surface area contributed by atoms with Crippen LogP contribution in [0, 0.1) is 0 Å². The maximum atomic E-state index is 13.2. The Hall–Kier alpha value is -2.96. The van der Waals surface area contributed by atoms with Gasteiger partial charge in [0.25, 0.3) is 0 Å². The molecule has 0 radical (unpaired) electrons. The van der Waals surface area contributed by atoms with Gasteiger partial charge in [-0.1, -0.05) is 30.3 Å². The van der Waals surface area contributed by atoms with Gasteiger partial charge in [0, 0.05) is 12.4 Å². The summed E-state index contributed by atoms with van der Waals surface area (Å²) in [4.78, 5) is 11.3. The molecule has 4 nitrogen and oxygen atoms in total. The lowest BCUT2D eigenvalue weighted by atomic mass is 10.1. The van der Waals surface area contributed by atoms with Crippen LogP contribution in [0.3, 0.4) is 0 Å². The van der Waals surface area contributed by atoms with Crippen molar-refractivity contribution in [3.05, 3.63) is 65.4 Å². The molecule has 3 rings (SSSR count). The Morgan fingerprint density at radius 1 is 1.16 bits per heavy atom. The minimum Gasteiger partial charge on any atom is -0.487 e. The number of carboxylic acid groups (broad SMARTS) is 1. The third kappa shape index (κ3) is 3.17. The molecule has 7 heteroatoms. The molecule has 3 aromatic rings. The zero-order valence-electron chi connectivity index (χ0n) is 13.2. The topological polar surface area (TPSA) is 51.5 Å². The lowest BCUT2D eigenvalue weighted by Gasteiger charge is -2.13. The normalized spacial score (nSPS) is 11.7. The molecule has 25 heavy (non-hydrogen) atoms. The third-order valence-electron chi connectivity index (χ3n) is 3.92. The van der Waals surface area contributed by atoms with Crippen LogP contribution < -0.4 is 4.74 Å². The van der Waals surface area contributed by atoms with Gasteiger partial charge in [0.2, 0.25) is 0 Å². The molecule has 0 unspecified atom stereocenters. The van der Waals surface area contributed by atoms with Crippen molar-refractivity contribution in [3.63, 3.8) is 0 Å². The van der Waals surface area contributed by atoms with E-state index in [9.17, 15) is 23.1 Å². The van der Waals surface area contributed by atoms with Gasteiger partial charge in [0.1, 0.15) is 18.1 Å². The van der Waals surface area contributed by atoms with Crippen LogP contribution in [0.15, 0.2) is 48.5 Å². The van der Waals surface area contributed by atoms with Crippen molar-refractivity contribution in [2.75, 3.05) is 0 Å². The van der Waals surface area contributed by atoms with Crippen LogP contribution in [0.25, 0.3) is 10.9 Å². The Morgan fingerprint density at radius 2 is 1.84 bits per heavy atom. The highest BCUT2D eigenvalue weighted by Gasteiger charge is 2.34. The molecular weight excluding hydrogens is 335 g/mol. The summed E-state index contributed by atoms with van der Waals surface area (Å²) in [6.07, 6.45) is -4.59. The van der Waals surface area contributed by atoms with E-state index in [0.717, 1.165) is 17.7 Å². The summed E-state index contributed by atoms with van der Waals surface area (Å²) >= 11 is 0. The molecule has 1 aromatic heterocycles. The molecular formula is C18H14F3NO3. The molecule has 0 fully saturated rings. The van der Waals surface area contributed by atoms with Gasteiger partial charge in [0.15, 0.2) is 0 Å². The van der Waals surface area contributed by atoms with Crippen LogP contribution >= 0.6 is 0 Å². The highest BCUT2D eigenvalue weighted by atomic mass is 19.4. The van der Waals surface area contributed by atoms with Gasteiger partial charge < -0.3 is 14.4 Å². The number of alkyl halides is 3. The molecule has 0 saturated heterocycles. The monoisotopic (exact) mass is 349 g/mol. The van der Waals surface area contributed by atoms with Crippen LogP contribution in [0.5, 0.6) is 5.75 Å². The average molecular weight is 349 g/mol. The number of halogens is 3. The summed E-state index contributed by atoms with van der Waals surface area (Å²) in [7, 11) is 1.40. The predicted molar refractivity (Wildman–Crippen MR) is 85.7 cm³/mol. The zero-order chi connectivity index (χ0) is 18.2. The summed E-state index contributed by atoms with van der Waals surface area (Å²) in [5.74, 6) is -1.11. The van der Waals surface area contributed by atoms with E-state index in [-0.39, 0.29) is 29.0 Å². The number of aromatic carboxylic acids is 1. The van der Waals surface area contributed by atoms with Gasteiger partial charge in [-0.15, -0.1) is 0 Å². The zero-order valence-corrected chi connectivity index (χ0v) is 13.2. The first-order valence-corrected chi connectivity index (χ1v) is 7.38. The van der Waals surface area contributed by atoms with Crippen molar-refractivity contribution < 1.29 is 27.8 Å². The smallest absolute Gasteiger partial charge is 0.417 e. The van der Waals surface area contributed by atoms with E-state index in [1.165, 1.54) is 17.7 Å². The molecule has 0 aliphatic carbocycles. The molecule has 2 aromatic carbocycles. The minimum absolute atomic E-state index is 0.100. The number of hydrogen-bond acceptors (Lipinski definition) is 2. The van der Waals surface area contributed by atoms with Crippen LogP contribution in [0.2, 0.25) is 0 Å². The number of carbonyl (C=O) groups is 1. The maximum absolute atomic E-state index is 13.2. The minimum atomic E-state index is -4.59. The lowest BCUT2D eigenvalue weighted by molar-refractivity contribution is -0.136. The maximum Gasteiger partial charge on any atom is 0.417 e.